The lowest BCUT2D eigenvalue weighted by atomic mass is 9.89. The minimum atomic E-state index is 0.748. The third-order valence-corrected chi connectivity index (χ3v) is 4.39. The van der Waals surface area contributed by atoms with Gasteiger partial charge in [-0.05, 0) is 51.5 Å². The number of fused-ring (bicyclic) bond motifs is 2. The molecule has 0 fully saturated rings. The molecule has 0 radical (unpaired) electrons. The summed E-state index contributed by atoms with van der Waals surface area (Å²) in [5, 5.41) is 0. The predicted molar refractivity (Wildman–Crippen MR) is 82.6 cm³/mol. The van der Waals surface area contributed by atoms with Crippen LogP contribution in [0.4, 0.5) is 0 Å². The molecule has 1 aromatic rings. The fourth-order valence-corrected chi connectivity index (χ4v) is 3.42. The van der Waals surface area contributed by atoms with Gasteiger partial charge in [0.1, 0.15) is 5.75 Å². The highest BCUT2D eigenvalue weighted by atomic mass is 16.5. The number of hydrogen-bond donors (Lipinski definition) is 1. The molecule has 0 aliphatic carbocycles. The average molecular weight is 291 g/mol. The Morgan fingerprint density at radius 2 is 1.71 bits per heavy atom. The first-order valence-electron chi connectivity index (χ1n) is 8.07. The zero-order valence-electron chi connectivity index (χ0n) is 12.9. The maximum atomic E-state index is 6.03. The summed E-state index contributed by atoms with van der Waals surface area (Å²) in [6.07, 6.45) is 7.36. The van der Waals surface area contributed by atoms with Gasteiger partial charge in [0.15, 0.2) is 11.5 Å². The SMILES string of the molecule is COc1c2c(c(CCCCN)c3c1OCCC3)OCCC2. The summed E-state index contributed by atoms with van der Waals surface area (Å²) < 4.78 is 17.6. The van der Waals surface area contributed by atoms with Gasteiger partial charge >= 0.3 is 0 Å². The van der Waals surface area contributed by atoms with Crippen molar-refractivity contribution in [1.82, 2.24) is 0 Å². The van der Waals surface area contributed by atoms with E-state index in [2.05, 4.69) is 0 Å². The van der Waals surface area contributed by atoms with E-state index in [4.69, 9.17) is 19.9 Å². The molecule has 0 atom stereocenters. The van der Waals surface area contributed by atoms with E-state index >= 15 is 0 Å². The molecule has 2 heterocycles. The van der Waals surface area contributed by atoms with E-state index in [1.807, 2.05) is 0 Å². The maximum absolute atomic E-state index is 6.03. The Balaban J connectivity index is 2.07. The van der Waals surface area contributed by atoms with Crippen LogP contribution in [0.15, 0.2) is 0 Å². The molecule has 4 heteroatoms. The van der Waals surface area contributed by atoms with E-state index in [9.17, 15) is 0 Å². The van der Waals surface area contributed by atoms with Crippen molar-refractivity contribution in [2.45, 2.75) is 44.9 Å². The topological polar surface area (TPSA) is 53.7 Å². The molecule has 2 aliphatic heterocycles. The molecule has 0 unspecified atom stereocenters. The first-order chi connectivity index (χ1) is 10.4. The number of ether oxygens (including phenoxy) is 3. The van der Waals surface area contributed by atoms with Crippen LogP contribution in [0.5, 0.6) is 17.2 Å². The number of benzene rings is 1. The number of hydrogen-bond acceptors (Lipinski definition) is 4. The van der Waals surface area contributed by atoms with Crippen LogP contribution in [-0.2, 0) is 19.3 Å². The van der Waals surface area contributed by atoms with E-state index in [0.29, 0.717) is 0 Å². The average Bonchev–Trinajstić information content (AvgIpc) is 2.54. The molecule has 0 bridgehead atoms. The summed E-state index contributed by atoms with van der Waals surface area (Å²) >= 11 is 0. The van der Waals surface area contributed by atoms with Crippen molar-refractivity contribution in [3.63, 3.8) is 0 Å². The fraction of sp³-hybridized carbons (Fsp3) is 0.647. The predicted octanol–water partition coefficient (Wildman–Crippen LogP) is 2.63. The molecule has 1 aromatic carbocycles. The second-order valence-corrected chi connectivity index (χ2v) is 5.78. The van der Waals surface area contributed by atoms with Crippen molar-refractivity contribution in [2.24, 2.45) is 5.73 Å². The highest BCUT2D eigenvalue weighted by Crippen LogP contribution is 2.48. The van der Waals surface area contributed by atoms with Gasteiger partial charge in [0, 0.05) is 16.7 Å². The molecule has 4 nitrogen and oxygen atoms in total. The highest BCUT2D eigenvalue weighted by molar-refractivity contribution is 5.64. The number of methoxy groups -OCH3 is 1. The van der Waals surface area contributed by atoms with Gasteiger partial charge in [-0.1, -0.05) is 0 Å². The van der Waals surface area contributed by atoms with Gasteiger partial charge in [0.25, 0.3) is 0 Å². The summed E-state index contributed by atoms with van der Waals surface area (Å²) in [6.45, 7) is 2.34. The minimum absolute atomic E-state index is 0.748. The van der Waals surface area contributed by atoms with Crippen LogP contribution in [0.1, 0.15) is 42.4 Å². The fourth-order valence-electron chi connectivity index (χ4n) is 3.42. The lowest BCUT2D eigenvalue weighted by Gasteiger charge is -2.30. The monoisotopic (exact) mass is 291 g/mol. The van der Waals surface area contributed by atoms with E-state index < -0.39 is 0 Å². The maximum Gasteiger partial charge on any atom is 0.167 e. The third kappa shape index (κ3) is 2.69. The van der Waals surface area contributed by atoms with Gasteiger partial charge in [-0.15, -0.1) is 0 Å². The van der Waals surface area contributed by atoms with Crippen LogP contribution in [0.3, 0.4) is 0 Å². The van der Waals surface area contributed by atoms with Crippen molar-refractivity contribution in [1.29, 1.82) is 0 Å². The van der Waals surface area contributed by atoms with E-state index in [1.54, 1.807) is 7.11 Å². The van der Waals surface area contributed by atoms with Crippen molar-refractivity contribution < 1.29 is 14.2 Å². The lowest BCUT2D eigenvalue weighted by Crippen LogP contribution is -2.18. The molecule has 0 spiro atoms. The smallest absolute Gasteiger partial charge is 0.167 e. The van der Waals surface area contributed by atoms with Gasteiger partial charge in [0.2, 0.25) is 0 Å². The standard InChI is InChI=1S/C17H25NO3/c1-19-16-14-8-5-10-20-15(14)12(6-2-3-9-18)13-7-4-11-21-17(13)16/h2-11,18H2,1H3. The van der Waals surface area contributed by atoms with Gasteiger partial charge < -0.3 is 19.9 Å². The molecule has 0 aromatic heterocycles. The van der Waals surface area contributed by atoms with Gasteiger partial charge in [-0.2, -0.15) is 0 Å². The third-order valence-electron chi connectivity index (χ3n) is 4.39. The Hall–Kier alpha value is -1.42. The van der Waals surface area contributed by atoms with Gasteiger partial charge in [-0.25, -0.2) is 0 Å². The Labute approximate surface area is 126 Å². The van der Waals surface area contributed by atoms with Crippen molar-refractivity contribution in [2.75, 3.05) is 26.9 Å². The molecule has 0 saturated heterocycles. The van der Waals surface area contributed by atoms with E-state index in [-0.39, 0.29) is 0 Å². The van der Waals surface area contributed by atoms with Crippen molar-refractivity contribution in [3.05, 3.63) is 16.7 Å². The molecule has 0 amide bonds. The van der Waals surface area contributed by atoms with Crippen LogP contribution < -0.4 is 19.9 Å². The molecular formula is C17H25NO3. The lowest BCUT2D eigenvalue weighted by molar-refractivity contribution is 0.250. The number of unbranched alkanes of at least 4 members (excludes halogenated alkanes) is 1. The molecule has 2 aliphatic rings. The quantitative estimate of drug-likeness (QED) is 0.847. The molecule has 3 rings (SSSR count). The summed E-state index contributed by atoms with van der Waals surface area (Å²) in [5.41, 5.74) is 9.48. The van der Waals surface area contributed by atoms with E-state index in [0.717, 1.165) is 82.0 Å². The zero-order valence-corrected chi connectivity index (χ0v) is 12.9. The molecular weight excluding hydrogens is 266 g/mol. The summed E-state index contributed by atoms with van der Waals surface area (Å²) in [6, 6.07) is 0. The molecule has 0 saturated carbocycles. The largest absolute Gasteiger partial charge is 0.493 e. The molecule has 2 N–H and O–H groups in total. The molecule has 21 heavy (non-hydrogen) atoms. The van der Waals surface area contributed by atoms with Crippen LogP contribution in [0.25, 0.3) is 0 Å². The Morgan fingerprint density at radius 3 is 2.43 bits per heavy atom. The van der Waals surface area contributed by atoms with Crippen molar-refractivity contribution >= 4 is 0 Å². The highest BCUT2D eigenvalue weighted by Gasteiger charge is 2.29. The molecule has 116 valence electrons. The second kappa shape index (κ2) is 6.56. The van der Waals surface area contributed by atoms with Crippen LogP contribution in [0, 0.1) is 0 Å². The van der Waals surface area contributed by atoms with Crippen LogP contribution in [-0.4, -0.2) is 26.9 Å². The summed E-state index contributed by atoms with van der Waals surface area (Å²) in [7, 11) is 1.73. The van der Waals surface area contributed by atoms with Crippen molar-refractivity contribution in [3.8, 4) is 17.2 Å². The van der Waals surface area contributed by atoms with Crippen LogP contribution in [0.2, 0.25) is 0 Å². The van der Waals surface area contributed by atoms with Gasteiger partial charge in [0.05, 0.1) is 20.3 Å². The first kappa shape index (κ1) is 14.5. The normalized spacial score (nSPS) is 16.5. The number of nitrogens with two attached hydrogens (primary N) is 1. The van der Waals surface area contributed by atoms with E-state index in [1.165, 1.54) is 16.7 Å². The van der Waals surface area contributed by atoms with Crippen LogP contribution >= 0.6 is 0 Å². The second-order valence-electron chi connectivity index (χ2n) is 5.78. The Kier molecular flexibility index (Phi) is 4.54. The Bertz CT molecular complexity index is 476. The van der Waals surface area contributed by atoms with Gasteiger partial charge in [-0.3, -0.25) is 0 Å². The zero-order chi connectivity index (χ0) is 14.7. The summed E-state index contributed by atoms with van der Waals surface area (Å²) in [4.78, 5) is 0. The Morgan fingerprint density at radius 1 is 1.00 bits per heavy atom. The minimum Gasteiger partial charge on any atom is -0.493 e. The summed E-state index contributed by atoms with van der Waals surface area (Å²) in [5.74, 6) is 2.94. The first-order valence-corrected chi connectivity index (χ1v) is 8.07. The number of rotatable bonds is 5.